The van der Waals surface area contributed by atoms with Crippen LogP contribution in [-0.2, 0) is 0 Å². The van der Waals surface area contributed by atoms with E-state index in [9.17, 15) is 13.2 Å². The first-order valence-electron chi connectivity index (χ1n) is 5.05. The number of hydrogen-bond acceptors (Lipinski definition) is 1. The summed E-state index contributed by atoms with van der Waals surface area (Å²) in [6.45, 7) is -0.203. The largest absolute Gasteiger partial charge is 0.390 e. The van der Waals surface area contributed by atoms with Crippen molar-refractivity contribution in [1.29, 1.82) is 0 Å². The van der Waals surface area contributed by atoms with Crippen LogP contribution in [0.1, 0.15) is 6.42 Å². The summed E-state index contributed by atoms with van der Waals surface area (Å²) >= 11 is 0. The molecule has 0 saturated carbocycles. The number of nitrogens with two attached hydrogens (primary N) is 1. The van der Waals surface area contributed by atoms with E-state index in [-0.39, 0.29) is 12.5 Å². The van der Waals surface area contributed by atoms with E-state index in [0.717, 1.165) is 0 Å². The van der Waals surface area contributed by atoms with Gasteiger partial charge in [-0.3, -0.25) is 0 Å². The lowest BCUT2D eigenvalue weighted by Gasteiger charge is -2.18. The van der Waals surface area contributed by atoms with Crippen molar-refractivity contribution in [3.8, 4) is 0 Å². The highest BCUT2D eigenvalue weighted by atomic mass is 19.4. The van der Waals surface area contributed by atoms with Crippen molar-refractivity contribution in [3.63, 3.8) is 0 Å². The molecule has 0 aromatic heterocycles. The van der Waals surface area contributed by atoms with Gasteiger partial charge in [0, 0.05) is 13.6 Å². The Morgan fingerprint density at radius 3 is 2.41 bits per heavy atom. The highest BCUT2D eigenvalue weighted by Crippen LogP contribution is 2.19. The van der Waals surface area contributed by atoms with E-state index in [0.29, 0.717) is 5.69 Å². The van der Waals surface area contributed by atoms with E-state index in [1.165, 1.54) is 11.9 Å². The Kier molecular flexibility index (Phi) is 4.37. The molecule has 0 aliphatic carbocycles. The quantitative estimate of drug-likeness (QED) is 0.656. The summed E-state index contributed by atoms with van der Waals surface area (Å²) in [4.78, 5) is 5.29. The number of halogens is 3. The maximum absolute atomic E-state index is 12.0. The minimum atomic E-state index is -4.18. The van der Waals surface area contributed by atoms with E-state index >= 15 is 0 Å². The molecule has 0 aliphatic rings. The average Bonchev–Trinajstić information content (AvgIpc) is 2.26. The molecule has 0 spiro atoms. The number of alkyl halides is 3. The number of para-hydroxylation sites is 1. The lowest BCUT2D eigenvalue weighted by molar-refractivity contribution is -0.135. The lowest BCUT2D eigenvalue weighted by atomic mass is 10.3. The molecule has 1 aromatic carbocycles. The van der Waals surface area contributed by atoms with Crippen molar-refractivity contribution in [2.24, 2.45) is 10.7 Å². The second-order valence-corrected chi connectivity index (χ2v) is 3.59. The van der Waals surface area contributed by atoms with Gasteiger partial charge in [0.2, 0.25) is 0 Å². The molecular weight excluding hydrogens is 231 g/mol. The SMILES string of the molecule is CN(CCC(F)(F)F)C(N)=Nc1ccccc1. The Labute approximate surface area is 97.7 Å². The smallest absolute Gasteiger partial charge is 0.369 e. The Balaban J connectivity index is 2.58. The van der Waals surface area contributed by atoms with Crippen LogP contribution < -0.4 is 5.73 Å². The van der Waals surface area contributed by atoms with Crippen LogP contribution in [0, 0.1) is 0 Å². The molecule has 1 aromatic rings. The molecule has 0 amide bonds. The highest BCUT2D eigenvalue weighted by molar-refractivity contribution is 5.80. The Morgan fingerprint density at radius 1 is 1.29 bits per heavy atom. The second-order valence-electron chi connectivity index (χ2n) is 3.59. The minimum Gasteiger partial charge on any atom is -0.369 e. The van der Waals surface area contributed by atoms with Crippen LogP contribution in [0.4, 0.5) is 18.9 Å². The first kappa shape index (κ1) is 13.3. The Bertz CT molecular complexity index is 373. The molecule has 1 rings (SSSR count). The van der Waals surface area contributed by atoms with Crippen molar-refractivity contribution in [2.45, 2.75) is 12.6 Å². The third-order valence-corrected chi connectivity index (χ3v) is 2.12. The van der Waals surface area contributed by atoms with E-state index in [4.69, 9.17) is 5.73 Å². The van der Waals surface area contributed by atoms with Gasteiger partial charge in [-0.15, -0.1) is 0 Å². The molecule has 0 saturated heterocycles. The van der Waals surface area contributed by atoms with Gasteiger partial charge in [-0.2, -0.15) is 13.2 Å². The summed E-state index contributed by atoms with van der Waals surface area (Å²) in [6.07, 6.45) is -5.09. The van der Waals surface area contributed by atoms with Crippen LogP contribution in [0.25, 0.3) is 0 Å². The molecule has 2 N–H and O–H groups in total. The average molecular weight is 245 g/mol. The zero-order valence-electron chi connectivity index (χ0n) is 9.41. The van der Waals surface area contributed by atoms with Crippen LogP contribution in [-0.4, -0.2) is 30.6 Å². The number of hydrogen-bond donors (Lipinski definition) is 1. The van der Waals surface area contributed by atoms with Crippen LogP contribution in [0.15, 0.2) is 35.3 Å². The van der Waals surface area contributed by atoms with Crippen molar-refractivity contribution in [1.82, 2.24) is 4.90 Å². The fourth-order valence-corrected chi connectivity index (χ4v) is 1.13. The van der Waals surface area contributed by atoms with Gasteiger partial charge in [0.15, 0.2) is 5.96 Å². The normalized spacial score (nSPS) is 12.6. The summed E-state index contributed by atoms with van der Waals surface area (Å²) < 4.78 is 36.0. The van der Waals surface area contributed by atoms with Crippen molar-refractivity contribution in [2.75, 3.05) is 13.6 Å². The molecule has 0 atom stereocenters. The highest BCUT2D eigenvalue weighted by Gasteiger charge is 2.27. The van der Waals surface area contributed by atoms with E-state index in [1.807, 2.05) is 6.07 Å². The van der Waals surface area contributed by atoms with Crippen LogP contribution in [0.3, 0.4) is 0 Å². The van der Waals surface area contributed by atoms with Gasteiger partial charge in [-0.05, 0) is 12.1 Å². The molecule has 0 heterocycles. The molecular formula is C11H14F3N3. The predicted octanol–water partition coefficient (Wildman–Crippen LogP) is 2.52. The van der Waals surface area contributed by atoms with E-state index in [1.54, 1.807) is 24.3 Å². The first-order chi connectivity index (χ1) is 7.88. The summed E-state index contributed by atoms with van der Waals surface area (Å²) in [5.74, 6) is 0.0699. The number of guanidine groups is 1. The van der Waals surface area contributed by atoms with Crippen LogP contribution in [0.5, 0.6) is 0 Å². The predicted molar refractivity (Wildman–Crippen MR) is 61.0 cm³/mol. The molecule has 17 heavy (non-hydrogen) atoms. The zero-order valence-corrected chi connectivity index (χ0v) is 9.41. The van der Waals surface area contributed by atoms with E-state index < -0.39 is 12.6 Å². The second kappa shape index (κ2) is 5.56. The fraction of sp³-hybridized carbons (Fsp3) is 0.364. The van der Waals surface area contributed by atoms with Gasteiger partial charge < -0.3 is 10.6 Å². The fourth-order valence-electron chi connectivity index (χ4n) is 1.13. The van der Waals surface area contributed by atoms with Gasteiger partial charge in [0.1, 0.15) is 0 Å². The van der Waals surface area contributed by atoms with Gasteiger partial charge in [-0.1, -0.05) is 18.2 Å². The maximum Gasteiger partial charge on any atom is 0.390 e. The van der Waals surface area contributed by atoms with Gasteiger partial charge in [0.05, 0.1) is 12.1 Å². The molecule has 0 unspecified atom stereocenters. The van der Waals surface area contributed by atoms with Crippen LogP contribution in [0.2, 0.25) is 0 Å². The molecule has 0 aliphatic heterocycles. The number of nitrogens with zero attached hydrogens (tertiary/aromatic N) is 2. The Hall–Kier alpha value is -1.72. The first-order valence-corrected chi connectivity index (χ1v) is 5.05. The zero-order chi connectivity index (χ0) is 12.9. The van der Waals surface area contributed by atoms with E-state index in [2.05, 4.69) is 4.99 Å². The maximum atomic E-state index is 12.0. The lowest BCUT2D eigenvalue weighted by Crippen LogP contribution is -2.36. The summed E-state index contributed by atoms with van der Waals surface area (Å²) in [5.41, 5.74) is 6.20. The van der Waals surface area contributed by atoms with Crippen molar-refractivity contribution in [3.05, 3.63) is 30.3 Å². The molecule has 6 heteroatoms. The number of rotatable bonds is 3. The summed E-state index contributed by atoms with van der Waals surface area (Å²) in [6, 6.07) is 8.83. The van der Waals surface area contributed by atoms with Gasteiger partial charge >= 0.3 is 6.18 Å². The third kappa shape index (κ3) is 5.24. The topological polar surface area (TPSA) is 41.6 Å². The molecule has 94 valence electrons. The number of benzene rings is 1. The van der Waals surface area contributed by atoms with Gasteiger partial charge in [-0.25, -0.2) is 4.99 Å². The Morgan fingerprint density at radius 2 is 1.88 bits per heavy atom. The van der Waals surface area contributed by atoms with Crippen molar-refractivity contribution >= 4 is 11.6 Å². The molecule has 3 nitrogen and oxygen atoms in total. The molecule has 0 fully saturated rings. The van der Waals surface area contributed by atoms with Crippen LogP contribution >= 0.6 is 0 Å². The minimum absolute atomic E-state index is 0.0699. The summed E-state index contributed by atoms with van der Waals surface area (Å²) in [7, 11) is 1.48. The van der Waals surface area contributed by atoms with Gasteiger partial charge in [0.25, 0.3) is 0 Å². The van der Waals surface area contributed by atoms with Crippen molar-refractivity contribution < 1.29 is 13.2 Å². The number of aliphatic imine (C=N–C) groups is 1. The molecule has 0 radical (unpaired) electrons. The molecule has 0 bridgehead atoms. The third-order valence-electron chi connectivity index (χ3n) is 2.12. The monoisotopic (exact) mass is 245 g/mol. The standard InChI is InChI=1S/C11H14F3N3/c1-17(8-7-11(12,13)14)10(15)16-9-5-3-2-4-6-9/h2-6H,7-8H2,1H3,(H2,15,16). The summed E-state index contributed by atoms with van der Waals surface area (Å²) in [5, 5.41) is 0.